The van der Waals surface area contributed by atoms with Crippen molar-refractivity contribution >= 4 is 17.3 Å². The van der Waals surface area contributed by atoms with Crippen LogP contribution < -0.4 is 11.2 Å². The van der Waals surface area contributed by atoms with Gasteiger partial charge in [-0.2, -0.15) is 5.10 Å². The second-order valence-corrected chi connectivity index (χ2v) is 4.00. The Morgan fingerprint density at radius 3 is 2.37 bits per heavy atom. The van der Waals surface area contributed by atoms with Gasteiger partial charge in [-0.15, -0.1) is 0 Å². The minimum atomic E-state index is -0.266. The van der Waals surface area contributed by atoms with E-state index < -0.39 is 0 Å². The van der Waals surface area contributed by atoms with Gasteiger partial charge in [0.25, 0.3) is 5.91 Å². The molecule has 19 heavy (non-hydrogen) atoms. The predicted molar refractivity (Wildman–Crippen MR) is 74.8 cm³/mol. The van der Waals surface area contributed by atoms with Gasteiger partial charge in [-0.1, -0.05) is 12.1 Å². The number of rotatable bonds is 3. The number of hydrogen-bond acceptors (Lipinski definition) is 4. The molecule has 0 unspecified atom stereocenters. The molecule has 0 fully saturated rings. The number of hydrogen-bond donors (Lipinski definition) is 2. The van der Waals surface area contributed by atoms with Crippen LogP contribution in [0.3, 0.4) is 0 Å². The zero-order chi connectivity index (χ0) is 13.7. The number of carbonyl (C=O) groups excluding carboxylic acids is 1. The zero-order valence-electron chi connectivity index (χ0n) is 10.5. The molecule has 0 atom stereocenters. The summed E-state index contributed by atoms with van der Waals surface area (Å²) in [6.07, 6.45) is 3.12. The summed E-state index contributed by atoms with van der Waals surface area (Å²) in [5, 5.41) is 4.06. The molecule has 2 aromatic rings. The van der Waals surface area contributed by atoms with Crippen LogP contribution >= 0.6 is 0 Å². The number of anilines is 1. The van der Waals surface area contributed by atoms with Crippen LogP contribution in [0.5, 0.6) is 0 Å². The van der Waals surface area contributed by atoms with E-state index in [1.807, 2.05) is 19.1 Å². The number of benzene rings is 1. The van der Waals surface area contributed by atoms with Gasteiger partial charge in [-0.05, 0) is 36.8 Å². The number of carbonyl (C=O) groups is 1. The molecule has 0 aliphatic carbocycles. The summed E-state index contributed by atoms with van der Waals surface area (Å²) in [5.41, 5.74) is 10.9. The summed E-state index contributed by atoms with van der Waals surface area (Å²) in [6.45, 7) is 1.82. The number of pyridine rings is 1. The van der Waals surface area contributed by atoms with Gasteiger partial charge < -0.3 is 5.73 Å². The van der Waals surface area contributed by atoms with Crippen molar-refractivity contribution in [3.8, 4) is 0 Å². The van der Waals surface area contributed by atoms with Crippen molar-refractivity contribution in [2.24, 2.45) is 5.10 Å². The van der Waals surface area contributed by atoms with E-state index in [-0.39, 0.29) is 5.91 Å². The first-order valence-corrected chi connectivity index (χ1v) is 5.77. The van der Waals surface area contributed by atoms with Crippen molar-refractivity contribution < 1.29 is 4.79 Å². The first-order valence-electron chi connectivity index (χ1n) is 5.77. The number of nitrogens with zero attached hydrogens (tertiary/aromatic N) is 2. The molecule has 0 radical (unpaired) electrons. The van der Waals surface area contributed by atoms with Crippen molar-refractivity contribution in [1.82, 2.24) is 10.4 Å². The summed E-state index contributed by atoms with van der Waals surface area (Å²) in [7, 11) is 0. The van der Waals surface area contributed by atoms with E-state index in [1.54, 1.807) is 36.7 Å². The summed E-state index contributed by atoms with van der Waals surface area (Å²) < 4.78 is 0. The summed E-state index contributed by atoms with van der Waals surface area (Å²) in [6, 6.07) is 10.5. The lowest BCUT2D eigenvalue weighted by molar-refractivity contribution is 0.0954. The van der Waals surface area contributed by atoms with Crippen LogP contribution in [0.15, 0.2) is 53.9 Å². The lowest BCUT2D eigenvalue weighted by Gasteiger charge is -2.03. The quantitative estimate of drug-likeness (QED) is 0.498. The van der Waals surface area contributed by atoms with E-state index in [1.165, 1.54) is 0 Å². The molecule has 2 rings (SSSR count). The third-order valence-electron chi connectivity index (χ3n) is 2.60. The molecule has 5 nitrogen and oxygen atoms in total. The van der Waals surface area contributed by atoms with Crippen molar-refractivity contribution in [2.75, 3.05) is 5.73 Å². The predicted octanol–water partition coefficient (Wildman–Crippen LogP) is 1.82. The van der Waals surface area contributed by atoms with Crippen LogP contribution in [0.25, 0.3) is 0 Å². The fraction of sp³-hybridized carbons (Fsp3) is 0.0714. The highest BCUT2D eigenvalue weighted by molar-refractivity contribution is 6.00. The first kappa shape index (κ1) is 12.8. The monoisotopic (exact) mass is 254 g/mol. The summed E-state index contributed by atoms with van der Waals surface area (Å²) >= 11 is 0. The van der Waals surface area contributed by atoms with Crippen LogP contribution in [0.2, 0.25) is 0 Å². The van der Waals surface area contributed by atoms with E-state index in [0.29, 0.717) is 17.0 Å². The molecular formula is C14H14N4O. The standard InChI is InChI=1S/C14H14N4O/c1-10(11-2-4-13(15)5-3-11)17-18-14(19)12-6-8-16-9-7-12/h2-9H,15H2,1H3,(H,18,19)/b17-10-. The van der Waals surface area contributed by atoms with Crippen LogP contribution in [0.4, 0.5) is 5.69 Å². The third kappa shape index (κ3) is 3.38. The maximum absolute atomic E-state index is 11.8. The second kappa shape index (κ2) is 5.77. The van der Waals surface area contributed by atoms with Gasteiger partial charge in [0.05, 0.1) is 5.71 Å². The lowest BCUT2D eigenvalue weighted by Crippen LogP contribution is -2.19. The van der Waals surface area contributed by atoms with Gasteiger partial charge in [0.15, 0.2) is 0 Å². The van der Waals surface area contributed by atoms with Crippen molar-refractivity contribution in [1.29, 1.82) is 0 Å². The van der Waals surface area contributed by atoms with Gasteiger partial charge >= 0.3 is 0 Å². The minimum absolute atomic E-state index is 0.266. The molecule has 1 aromatic carbocycles. The normalized spacial score (nSPS) is 11.1. The van der Waals surface area contributed by atoms with E-state index in [9.17, 15) is 4.79 Å². The second-order valence-electron chi connectivity index (χ2n) is 4.00. The van der Waals surface area contributed by atoms with Crippen LogP contribution in [-0.2, 0) is 0 Å². The SMILES string of the molecule is C/C(=N/NC(=O)c1ccncc1)c1ccc(N)cc1. The van der Waals surface area contributed by atoms with Gasteiger partial charge in [0, 0.05) is 23.6 Å². The Morgan fingerprint density at radius 1 is 1.11 bits per heavy atom. The first-order chi connectivity index (χ1) is 9.16. The molecule has 0 bridgehead atoms. The molecule has 0 spiro atoms. The van der Waals surface area contributed by atoms with Crippen molar-refractivity contribution in [3.05, 3.63) is 59.9 Å². The minimum Gasteiger partial charge on any atom is -0.399 e. The molecule has 1 aromatic heterocycles. The topological polar surface area (TPSA) is 80.4 Å². The number of nitrogens with one attached hydrogen (secondary N) is 1. The van der Waals surface area contributed by atoms with Crippen LogP contribution in [-0.4, -0.2) is 16.6 Å². The Morgan fingerprint density at radius 2 is 1.74 bits per heavy atom. The Hall–Kier alpha value is -2.69. The molecule has 0 aliphatic heterocycles. The van der Waals surface area contributed by atoms with Crippen LogP contribution in [0.1, 0.15) is 22.8 Å². The van der Waals surface area contributed by atoms with Gasteiger partial charge in [-0.3, -0.25) is 9.78 Å². The third-order valence-corrected chi connectivity index (χ3v) is 2.60. The fourth-order valence-electron chi connectivity index (χ4n) is 1.49. The van der Waals surface area contributed by atoms with E-state index >= 15 is 0 Å². The summed E-state index contributed by atoms with van der Waals surface area (Å²) in [4.78, 5) is 15.6. The van der Waals surface area contributed by atoms with Crippen molar-refractivity contribution in [3.63, 3.8) is 0 Å². The molecule has 0 saturated heterocycles. The maximum Gasteiger partial charge on any atom is 0.271 e. The van der Waals surface area contributed by atoms with Gasteiger partial charge in [-0.25, -0.2) is 5.43 Å². The van der Waals surface area contributed by atoms with Gasteiger partial charge in [0.2, 0.25) is 0 Å². The molecule has 5 heteroatoms. The highest BCUT2D eigenvalue weighted by Gasteiger charge is 2.03. The number of nitrogens with two attached hydrogens (primary N) is 1. The summed E-state index contributed by atoms with van der Waals surface area (Å²) in [5.74, 6) is -0.266. The number of hydrazone groups is 1. The molecule has 96 valence electrons. The number of amides is 1. The average Bonchev–Trinajstić information content (AvgIpc) is 2.46. The number of nitrogen functional groups attached to an aromatic ring is 1. The highest BCUT2D eigenvalue weighted by Crippen LogP contribution is 2.06. The Labute approximate surface area is 111 Å². The lowest BCUT2D eigenvalue weighted by atomic mass is 10.1. The fourth-order valence-corrected chi connectivity index (χ4v) is 1.49. The van der Waals surface area contributed by atoms with Crippen molar-refractivity contribution in [2.45, 2.75) is 6.92 Å². The molecule has 0 saturated carbocycles. The smallest absolute Gasteiger partial charge is 0.271 e. The Bertz CT molecular complexity index is 591. The van der Waals surface area contributed by atoms with E-state index in [2.05, 4.69) is 15.5 Å². The maximum atomic E-state index is 11.8. The molecule has 1 heterocycles. The number of aromatic nitrogens is 1. The van der Waals surface area contributed by atoms with Crippen LogP contribution in [0, 0.1) is 0 Å². The van der Waals surface area contributed by atoms with Gasteiger partial charge in [0.1, 0.15) is 0 Å². The zero-order valence-corrected chi connectivity index (χ0v) is 10.5. The Balaban J connectivity index is 2.06. The molecule has 1 amide bonds. The largest absolute Gasteiger partial charge is 0.399 e. The Kier molecular flexibility index (Phi) is 3.87. The van der Waals surface area contributed by atoms with E-state index in [4.69, 9.17) is 5.73 Å². The average molecular weight is 254 g/mol. The van der Waals surface area contributed by atoms with E-state index in [0.717, 1.165) is 5.56 Å². The molecular weight excluding hydrogens is 240 g/mol. The molecule has 3 N–H and O–H groups in total. The molecule has 0 aliphatic rings. The highest BCUT2D eigenvalue weighted by atomic mass is 16.2.